The summed E-state index contributed by atoms with van der Waals surface area (Å²) in [5, 5.41) is 20.6. The molecule has 0 spiro atoms. The van der Waals surface area contributed by atoms with E-state index in [0.717, 1.165) is 4.90 Å². The first kappa shape index (κ1) is 14.3. The summed E-state index contributed by atoms with van der Waals surface area (Å²) in [6.45, 7) is -0.538. The summed E-state index contributed by atoms with van der Waals surface area (Å²) in [5.41, 5.74) is 0.323. The zero-order chi connectivity index (χ0) is 15.2. The molecule has 8 heteroatoms. The first-order chi connectivity index (χ1) is 10.1. The number of phenols is 1. The van der Waals surface area contributed by atoms with Crippen molar-refractivity contribution in [1.82, 2.24) is 9.97 Å². The molecule has 0 saturated carbocycles. The van der Waals surface area contributed by atoms with Crippen molar-refractivity contribution >= 4 is 23.6 Å². The van der Waals surface area contributed by atoms with Gasteiger partial charge in [-0.25, -0.2) is 14.8 Å². The molecular weight excluding hydrogens is 276 g/mol. The lowest BCUT2D eigenvalue weighted by Gasteiger charge is -2.20. The molecule has 0 saturated heterocycles. The molecule has 1 aromatic heterocycles. The number of phenolic OH excluding ortho intramolecular Hbond substituents is 1. The van der Waals surface area contributed by atoms with Crippen molar-refractivity contribution in [3.8, 4) is 5.75 Å². The quantitative estimate of drug-likeness (QED) is 0.781. The minimum absolute atomic E-state index is 0.0147. The highest BCUT2D eigenvalue weighted by molar-refractivity contribution is 6.03. The van der Waals surface area contributed by atoms with Gasteiger partial charge >= 0.3 is 12.0 Å². The van der Waals surface area contributed by atoms with Gasteiger partial charge in [0.1, 0.15) is 12.3 Å². The number of carbonyl (C=O) groups excluding carboxylic acids is 1. The summed E-state index contributed by atoms with van der Waals surface area (Å²) in [5.74, 6) is -1.09. The maximum Gasteiger partial charge on any atom is 0.329 e. The number of hydrogen-bond acceptors (Lipinski definition) is 5. The summed E-state index contributed by atoms with van der Waals surface area (Å²) >= 11 is 0. The average Bonchev–Trinajstić information content (AvgIpc) is 2.46. The number of carboxylic acid groups (broad SMARTS) is 1. The number of carboxylic acids is 1. The van der Waals surface area contributed by atoms with Crippen molar-refractivity contribution < 1.29 is 19.8 Å². The van der Waals surface area contributed by atoms with E-state index < -0.39 is 18.5 Å². The van der Waals surface area contributed by atoms with Crippen LogP contribution < -0.4 is 10.2 Å². The van der Waals surface area contributed by atoms with Crippen LogP contribution in [0.2, 0.25) is 0 Å². The van der Waals surface area contributed by atoms with Crippen molar-refractivity contribution in [3.63, 3.8) is 0 Å². The average molecular weight is 288 g/mol. The van der Waals surface area contributed by atoms with Crippen molar-refractivity contribution in [3.05, 3.63) is 42.7 Å². The minimum Gasteiger partial charge on any atom is -0.508 e. The Morgan fingerprint density at radius 2 is 1.76 bits per heavy atom. The fourth-order valence-electron chi connectivity index (χ4n) is 1.57. The number of carbonyl (C=O) groups is 2. The smallest absolute Gasteiger partial charge is 0.329 e. The number of anilines is 2. The van der Waals surface area contributed by atoms with Crippen LogP contribution >= 0.6 is 0 Å². The van der Waals surface area contributed by atoms with Gasteiger partial charge < -0.3 is 10.2 Å². The maximum atomic E-state index is 12.1. The molecule has 1 heterocycles. The van der Waals surface area contributed by atoms with Gasteiger partial charge in [0, 0.05) is 18.1 Å². The van der Waals surface area contributed by atoms with Gasteiger partial charge in [0.15, 0.2) is 0 Å². The Labute approximate surface area is 119 Å². The molecule has 0 atom stereocenters. The Morgan fingerprint density at radius 3 is 2.33 bits per heavy atom. The van der Waals surface area contributed by atoms with Crippen LogP contribution in [-0.4, -0.2) is 38.7 Å². The van der Waals surface area contributed by atoms with Gasteiger partial charge in [-0.3, -0.25) is 15.0 Å². The van der Waals surface area contributed by atoms with E-state index in [1.165, 1.54) is 36.7 Å². The fourth-order valence-corrected chi connectivity index (χ4v) is 1.57. The molecule has 0 fully saturated rings. The molecule has 1 aromatic carbocycles. The number of urea groups is 1. The van der Waals surface area contributed by atoms with E-state index in [1.807, 2.05) is 0 Å². The largest absolute Gasteiger partial charge is 0.508 e. The van der Waals surface area contributed by atoms with Crippen LogP contribution in [0.15, 0.2) is 42.7 Å². The molecule has 0 aliphatic carbocycles. The highest BCUT2D eigenvalue weighted by Gasteiger charge is 2.19. The lowest BCUT2D eigenvalue weighted by atomic mass is 10.3. The standard InChI is InChI=1S/C13H12N4O4/c18-10-4-2-9(3-5-10)17(8-11(19)20)13(21)16-12-14-6-1-7-15-12/h1-7,18H,8H2,(H,19,20)(H,14,15,16,21). The van der Waals surface area contributed by atoms with Crippen LogP contribution in [-0.2, 0) is 4.79 Å². The summed E-state index contributed by atoms with van der Waals surface area (Å²) in [6.07, 6.45) is 2.90. The van der Waals surface area contributed by atoms with Crippen molar-refractivity contribution in [2.45, 2.75) is 0 Å². The number of hydrogen-bond donors (Lipinski definition) is 3. The molecular formula is C13H12N4O4. The topological polar surface area (TPSA) is 116 Å². The van der Waals surface area contributed by atoms with E-state index in [4.69, 9.17) is 5.11 Å². The number of nitrogens with zero attached hydrogens (tertiary/aromatic N) is 3. The Bertz CT molecular complexity index is 630. The van der Waals surface area contributed by atoms with Crippen molar-refractivity contribution in [1.29, 1.82) is 0 Å². The third-order valence-electron chi connectivity index (χ3n) is 2.48. The van der Waals surface area contributed by atoms with Gasteiger partial charge in [0.25, 0.3) is 0 Å². The normalized spacial score (nSPS) is 9.90. The Balaban J connectivity index is 2.21. The van der Waals surface area contributed by atoms with Crippen LogP contribution in [0.1, 0.15) is 0 Å². The zero-order valence-corrected chi connectivity index (χ0v) is 10.8. The number of benzene rings is 1. The third-order valence-corrected chi connectivity index (χ3v) is 2.48. The predicted octanol–water partition coefficient (Wildman–Crippen LogP) is 1.31. The van der Waals surface area contributed by atoms with E-state index in [2.05, 4.69) is 15.3 Å². The molecule has 21 heavy (non-hydrogen) atoms. The van der Waals surface area contributed by atoms with Gasteiger partial charge in [-0.1, -0.05) is 0 Å². The summed E-state index contributed by atoms with van der Waals surface area (Å²) in [6, 6.07) is 6.49. The van der Waals surface area contributed by atoms with Crippen LogP contribution in [0.4, 0.5) is 16.4 Å². The van der Waals surface area contributed by atoms with Gasteiger partial charge in [0.2, 0.25) is 5.95 Å². The summed E-state index contributed by atoms with van der Waals surface area (Å²) in [7, 11) is 0. The molecule has 0 aliphatic heterocycles. The van der Waals surface area contributed by atoms with Crippen molar-refractivity contribution in [2.24, 2.45) is 0 Å². The molecule has 0 aliphatic rings. The second-order valence-corrected chi connectivity index (χ2v) is 4.00. The van der Waals surface area contributed by atoms with Crippen LogP contribution in [0.3, 0.4) is 0 Å². The van der Waals surface area contributed by atoms with E-state index >= 15 is 0 Å². The highest BCUT2D eigenvalue weighted by Crippen LogP contribution is 2.19. The number of aliphatic carboxylic acids is 1. The number of rotatable bonds is 4. The summed E-state index contributed by atoms with van der Waals surface area (Å²) < 4.78 is 0. The predicted molar refractivity (Wildman–Crippen MR) is 74.1 cm³/mol. The number of nitrogens with one attached hydrogen (secondary N) is 1. The Morgan fingerprint density at radius 1 is 1.14 bits per heavy atom. The first-order valence-electron chi connectivity index (χ1n) is 5.92. The lowest BCUT2D eigenvalue weighted by molar-refractivity contribution is -0.135. The van der Waals surface area contributed by atoms with Gasteiger partial charge in [-0.15, -0.1) is 0 Å². The second kappa shape index (κ2) is 6.33. The number of amides is 2. The molecule has 2 amide bonds. The number of aromatic hydroxyl groups is 1. The molecule has 0 unspecified atom stereocenters. The number of aromatic nitrogens is 2. The van der Waals surface area contributed by atoms with E-state index in [1.54, 1.807) is 6.07 Å². The Kier molecular flexibility index (Phi) is 4.30. The minimum atomic E-state index is -1.17. The van der Waals surface area contributed by atoms with E-state index in [0.29, 0.717) is 5.69 Å². The maximum absolute atomic E-state index is 12.1. The van der Waals surface area contributed by atoms with E-state index in [9.17, 15) is 14.7 Å². The molecule has 0 bridgehead atoms. The third kappa shape index (κ3) is 3.90. The van der Waals surface area contributed by atoms with Gasteiger partial charge in [-0.05, 0) is 30.3 Å². The van der Waals surface area contributed by atoms with Gasteiger partial charge in [0.05, 0.1) is 0 Å². The van der Waals surface area contributed by atoms with Crippen LogP contribution in [0, 0.1) is 0 Å². The van der Waals surface area contributed by atoms with E-state index in [-0.39, 0.29) is 11.7 Å². The lowest BCUT2D eigenvalue weighted by Crippen LogP contribution is -2.39. The molecule has 0 radical (unpaired) electrons. The second-order valence-electron chi connectivity index (χ2n) is 4.00. The highest BCUT2D eigenvalue weighted by atomic mass is 16.4. The van der Waals surface area contributed by atoms with Crippen LogP contribution in [0.5, 0.6) is 5.75 Å². The summed E-state index contributed by atoms with van der Waals surface area (Å²) in [4.78, 5) is 31.7. The zero-order valence-electron chi connectivity index (χ0n) is 10.8. The molecule has 108 valence electrons. The van der Waals surface area contributed by atoms with Crippen LogP contribution in [0.25, 0.3) is 0 Å². The SMILES string of the molecule is O=C(O)CN(C(=O)Nc1ncccn1)c1ccc(O)cc1. The molecule has 2 aromatic rings. The Hall–Kier alpha value is -3.16. The first-order valence-corrected chi connectivity index (χ1v) is 5.92. The van der Waals surface area contributed by atoms with Gasteiger partial charge in [-0.2, -0.15) is 0 Å². The van der Waals surface area contributed by atoms with Crippen molar-refractivity contribution in [2.75, 3.05) is 16.8 Å². The fraction of sp³-hybridized carbons (Fsp3) is 0.0769. The molecule has 2 rings (SSSR count). The molecule has 3 N–H and O–H groups in total. The monoisotopic (exact) mass is 288 g/mol. The molecule has 8 nitrogen and oxygen atoms in total.